The first kappa shape index (κ1) is 17.5. The average Bonchev–Trinajstić information content (AvgIpc) is 2.94. The van der Waals surface area contributed by atoms with Crippen molar-refractivity contribution in [3.63, 3.8) is 0 Å². The topological polar surface area (TPSA) is 72.5 Å². The van der Waals surface area contributed by atoms with Crippen molar-refractivity contribution in [2.24, 2.45) is 7.05 Å². The molecule has 2 aromatic heterocycles. The first-order chi connectivity index (χ1) is 10.7. The number of aromatic nitrogens is 2. The van der Waals surface area contributed by atoms with Gasteiger partial charge in [0.2, 0.25) is 11.2 Å². The summed E-state index contributed by atoms with van der Waals surface area (Å²) in [6.45, 7) is 3.16. The predicted octanol–water partition coefficient (Wildman–Crippen LogP) is 0.950. The number of rotatable bonds is 4. The Morgan fingerprint density at radius 1 is 1.52 bits per heavy atom. The van der Waals surface area contributed by atoms with Crippen molar-refractivity contribution in [2.45, 2.75) is 12.6 Å². The van der Waals surface area contributed by atoms with Crippen molar-refractivity contribution >= 4 is 12.4 Å². The van der Waals surface area contributed by atoms with Crippen molar-refractivity contribution in [3.8, 4) is 5.75 Å². The first-order valence-corrected chi connectivity index (χ1v) is 7.26. The molecule has 3 heterocycles. The Kier molecular flexibility index (Phi) is 5.81. The Morgan fingerprint density at radius 3 is 3.00 bits per heavy atom. The van der Waals surface area contributed by atoms with E-state index in [0.717, 1.165) is 25.5 Å². The summed E-state index contributed by atoms with van der Waals surface area (Å²) in [6.07, 6.45) is 5.11. The molecule has 0 aromatic carbocycles. The van der Waals surface area contributed by atoms with E-state index >= 15 is 0 Å². The molecule has 1 N–H and O–H groups in total. The number of aryl methyl sites for hydroxylation is 1. The van der Waals surface area contributed by atoms with Crippen molar-refractivity contribution in [2.75, 3.05) is 26.7 Å². The van der Waals surface area contributed by atoms with Crippen molar-refractivity contribution in [1.82, 2.24) is 19.8 Å². The summed E-state index contributed by atoms with van der Waals surface area (Å²) in [7, 11) is 3.45. The monoisotopic (exact) mass is 340 g/mol. The molecule has 1 saturated heterocycles. The molecule has 0 bridgehead atoms. The molecule has 23 heavy (non-hydrogen) atoms. The van der Waals surface area contributed by atoms with Gasteiger partial charge >= 0.3 is 0 Å². The highest BCUT2D eigenvalue weighted by Gasteiger charge is 2.27. The van der Waals surface area contributed by atoms with Gasteiger partial charge in [0.15, 0.2) is 0 Å². The molecular weight excluding hydrogens is 320 g/mol. The number of methoxy groups -OCH3 is 1. The van der Waals surface area contributed by atoms with Gasteiger partial charge in [0.1, 0.15) is 17.8 Å². The molecule has 0 amide bonds. The van der Waals surface area contributed by atoms with Gasteiger partial charge in [-0.3, -0.25) is 9.69 Å². The first-order valence-electron chi connectivity index (χ1n) is 7.26. The minimum absolute atomic E-state index is 0. The van der Waals surface area contributed by atoms with Crippen LogP contribution in [0.4, 0.5) is 0 Å². The van der Waals surface area contributed by atoms with Gasteiger partial charge in [-0.15, -0.1) is 12.4 Å². The molecule has 126 valence electrons. The molecule has 8 heteroatoms. The number of hydrogen-bond donors (Lipinski definition) is 1. The molecule has 0 saturated carbocycles. The number of nitrogens with one attached hydrogen (secondary N) is 1. The Labute approximate surface area is 140 Å². The molecular formula is C15H21ClN4O3. The summed E-state index contributed by atoms with van der Waals surface area (Å²) in [5, 5.41) is 3.39. The predicted molar refractivity (Wildman–Crippen MR) is 88.0 cm³/mol. The van der Waals surface area contributed by atoms with Crippen molar-refractivity contribution in [3.05, 3.63) is 46.5 Å². The van der Waals surface area contributed by atoms with Gasteiger partial charge in [0, 0.05) is 45.1 Å². The molecule has 0 spiro atoms. The highest BCUT2D eigenvalue weighted by molar-refractivity contribution is 5.85. The molecule has 1 aliphatic heterocycles. The molecule has 1 fully saturated rings. The van der Waals surface area contributed by atoms with Crippen LogP contribution in [0.5, 0.6) is 5.75 Å². The maximum atomic E-state index is 11.8. The van der Waals surface area contributed by atoms with E-state index in [-0.39, 0.29) is 29.6 Å². The van der Waals surface area contributed by atoms with Gasteiger partial charge in [0.05, 0.1) is 19.7 Å². The third kappa shape index (κ3) is 3.74. The Morgan fingerprint density at radius 2 is 2.35 bits per heavy atom. The molecule has 0 aliphatic carbocycles. The van der Waals surface area contributed by atoms with E-state index in [2.05, 4.69) is 15.2 Å². The number of halogens is 1. The molecule has 1 unspecified atom stereocenters. The Bertz CT molecular complexity index is 700. The van der Waals surface area contributed by atoms with Crippen molar-refractivity contribution < 1.29 is 9.15 Å². The van der Waals surface area contributed by atoms with Crippen molar-refractivity contribution in [1.29, 1.82) is 0 Å². The number of hydrogen-bond acceptors (Lipinski definition) is 6. The van der Waals surface area contributed by atoms with E-state index in [0.29, 0.717) is 12.3 Å². The quantitative estimate of drug-likeness (QED) is 0.893. The summed E-state index contributed by atoms with van der Waals surface area (Å²) in [5.41, 5.74) is -0.160. The maximum absolute atomic E-state index is 11.8. The smallest absolute Gasteiger partial charge is 0.227 e. The van der Waals surface area contributed by atoms with Gasteiger partial charge in [0.25, 0.3) is 0 Å². The van der Waals surface area contributed by atoms with E-state index in [1.54, 1.807) is 6.20 Å². The van der Waals surface area contributed by atoms with Gasteiger partial charge in [-0.1, -0.05) is 0 Å². The number of piperazine rings is 1. The SMILES string of the molecule is COc1coc(CN2CCNCC2c2nccn2C)cc1=O.Cl. The van der Waals surface area contributed by atoms with E-state index in [9.17, 15) is 4.79 Å². The standard InChI is InChI=1S/C15H20N4O3.ClH/c1-18-5-4-17-15(18)12-8-16-3-6-19(12)9-11-7-13(20)14(21-2)10-22-11;/h4-5,7,10,12,16H,3,6,8-9H2,1-2H3;1H. The highest BCUT2D eigenvalue weighted by Crippen LogP contribution is 2.22. The molecule has 7 nitrogen and oxygen atoms in total. The van der Waals surface area contributed by atoms with Crippen LogP contribution >= 0.6 is 12.4 Å². The van der Waals surface area contributed by atoms with Gasteiger partial charge < -0.3 is 19.0 Å². The number of ether oxygens (including phenoxy) is 1. The van der Waals surface area contributed by atoms with Gasteiger partial charge in [-0.05, 0) is 0 Å². The van der Waals surface area contributed by atoms with Crippen LogP contribution in [0, 0.1) is 0 Å². The van der Waals surface area contributed by atoms with E-state index in [1.165, 1.54) is 19.4 Å². The van der Waals surface area contributed by atoms with Crippen LogP contribution in [0.15, 0.2) is 33.9 Å². The normalized spacial score (nSPS) is 18.4. The second-order valence-corrected chi connectivity index (χ2v) is 5.37. The van der Waals surface area contributed by atoms with Gasteiger partial charge in [-0.25, -0.2) is 4.98 Å². The maximum Gasteiger partial charge on any atom is 0.227 e. The zero-order valence-electron chi connectivity index (χ0n) is 13.2. The van der Waals surface area contributed by atoms with Crippen LogP contribution in [0.2, 0.25) is 0 Å². The fraction of sp³-hybridized carbons (Fsp3) is 0.467. The van der Waals surface area contributed by atoms with E-state index < -0.39 is 0 Å². The minimum atomic E-state index is -0.160. The number of nitrogens with zero attached hydrogens (tertiary/aromatic N) is 3. The minimum Gasteiger partial charge on any atom is -0.490 e. The molecule has 1 atom stereocenters. The zero-order valence-corrected chi connectivity index (χ0v) is 14.0. The molecule has 2 aromatic rings. The summed E-state index contributed by atoms with van der Waals surface area (Å²) in [6, 6.07) is 1.65. The fourth-order valence-electron chi connectivity index (χ4n) is 2.76. The van der Waals surface area contributed by atoms with E-state index in [1.807, 2.05) is 17.8 Å². The van der Waals surface area contributed by atoms with Crippen LogP contribution in [0.1, 0.15) is 17.6 Å². The third-order valence-corrected chi connectivity index (χ3v) is 3.94. The Hall–Kier alpha value is -1.83. The average molecular weight is 341 g/mol. The lowest BCUT2D eigenvalue weighted by molar-refractivity contribution is 0.133. The summed E-state index contributed by atoms with van der Waals surface area (Å²) < 4.78 is 12.5. The summed E-state index contributed by atoms with van der Waals surface area (Å²) >= 11 is 0. The van der Waals surface area contributed by atoms with Crippen LogP contribution in [0.25, 0.3) is 0 Å². The lowest BCUT2D eigenvalue weighted by Gasteiger charge is -2.35. The van der Waals surface area contributed by atoms with E-state index in [4.69, 9.17) is 9.15 Å². The van der Waals surface area contributed by atoms with Crippen LogP contribution in [0.3, 0.4) is 0 Å². The highest BCUT2D eigenvalue weighted by atomic mass is 35.5. The second-order valence-electron chi connectivity index (χ2n) is 5.37. The molecule has 3 rings (SSSR count). The molecule has 1 aliphatic rings. The zero-order chi connectivity index (χ0) is 15.5. The fourth-order valence-corrected chi connectivity index (χ4v) is 2.76. The Balaban J connectivity index is 0.00000192. The van der Waals surface area contributed by atoms with Gasteiger partial charge in [-0.2, -0.15) is 0 Å². The third-order valence-electron chi connectivity index (χ3n) is 3.94. The lowest BCUT2D eigenvalue weighted by Crippen LogP contribution is -2.46. The lowest BCUT2D eigenvalue weighted by atomic mass is 10.1. The molecule has 0 radical (unpaired) electrons. The number of imidazole rings is 1. The largest absolute Gasteiger partial charge is 0.490 e. The van der Waals surface area contributed by atoms with Crippen LogP contribution in [-0.2, 0) is 13.6 Å². The summed E-state index contributed by atoms with van der Waals surface area (Å²) in [4.78, 5) is 18.6. The van der Waals surface area contributed by atoms with Crippen LogP contribution < -0.4 is 15.5 Å². The summed E-state index contributed by atoms with van der Waals surface area (Å²) in [5.74, 6) is 1.86. The second kappa shape index (κ2) is 7.63. The van der Waals surface area contributed by atoms with Crippen LogP contribution in [-0.4, -0.2) is 41.2 Å².